The molecule has 0 spiro atoms. The summed E-state index contributed by atoms with van der Waals surface area (Å²) in [5, 5.41) is 2.80. The number of carbonyl (C=O) groups excluding carboxylic acids is 2. The molecule has 1 amide bonds. The number of aryl methyl sites for hydroxylation is 1. The fourth-order valence-electron chi connectivity index (χ4n) is 3.36. The van der Waals surface area contributed by atoms with Crippen molar-refractivity contribution in [3.63, 3.8) is 0 Å². The summed E-state index contributed by atoms with van der Waals surface area (Å²) < 4.78 is 0. The maximum Gasteiger partial charge on any atom is 0.274 e. The number of aromatic nitrogens is 2. The van der Waals surface area contributed by atoms with Crippen LogP contribution in [0.2, 0.25) is 0 Å². The lowest BCUT2D eigenvalue weighted by molar-refractivity contribution is 0.100. The topological polar surface area (TPSA) is 75.2 Å². The van der Waals surface area contributed by atoms with Gasteiger partial charge in [-0.25, -0.2) is 9.97 Å². The molecule has 0 aliphatic carbocycles. The Balaban J connectivity index is 1.59. The minimum absolute atomic E-state index is 0.0517. The van der Waals surface area contributed by atoms with Gasteiger partial charge in [0, 0.05) is 29.7 Å². The quantitative estimate of drug-likeness (QED) is 0.700. The van der Waals surface area contributed by atoms with Gasteiger partial charge in [0.25, 0.3) is 5.91 Å². The van der Waals surface area contributed by atoms with E-state index in [-0.39, 0.29) is 17.4 Å². The number of carbonyl (C=O) groups is 2. The first kappa shape index (κ1) is 17.9. The van der Waals surface area contributed by atoms with Crippen LogP contribution >= 0.6 is 0 Å². The van der Waals surface area contributed by atoms with Gasteiger partial charge < -0.3 is 10.2 Å². The van der Waals surface area contributed by atoms with Crippen molar-refractivity contribution in [3.05, 3.63) is 77.6 Å². The summed E-state index contributed by atoms with van der Waals surface area (Å²) in [6.45, 7) is 2.30. The van der Waals surface area contributed by atoms with Crippen LogP contribution in [0.3, 0.4) is 0 Å². The van der Waals surface area contributed by atoms with Crippen molar-refractivity contribution in [2.45, 2.75) is 19.8 Å². The van der Waals surface area contributed by atoms with Crippen molar-refractivity contribution >= 4 is 29.0 Å². The number of benzene rings is 2. The molecule has 0 unspecified atom stereocenters. The van der Waals surface area contributed by atoms with Gasteiger partial charge in [0.1, 0.15) is 5.69 Å². The smallest absolute Gasteiger partial charge is 0.274 e. The fourth-order valence-corrected chi connectivity index (χ4v) is 3.36. The van der Waals surface area contributed by atoms with Crippen molar-refractivity contribution < 1.29 is 9.59 Å². The van der Waals surface area contributed by atoms with Crippen LogP contribution in [0.1, 0.15) is 39.8 Å². The molecule has 0 bridgehead atoms. The molecule has 4 rings (SSSR count). The molecule has 140 valence electrons. The second-order valence-corrected chi connectivity index (χ2v) is 6.72. The monoisotopic (exact) mass is 372 g/mol. The number of fused-ring (bicyclic) bond motifs is 1. The van der Waals surface area contributed by atoms with Gasteiger partial charge in [-0.15, -0.1) is 0 Å². The number of anilines is 3. The predicted molar refractivity (Wildman–Crippen MR) is 108 cm³/mol. The maximum absolute atomic E-state index is 12.7. The van der Waals surface area contributed by atoms with Gasteiger partial charge in [0.05, 0.1) is 0 Å². The minimum Gasteiger partial charge on any atom is -0.321 e. The highest BCUT2D eigenvalue weighted by molar-refractivity contribution is 6.04. The normalized spacial score (nSPS) is 13.0. The third-order valence-electron chi connectivity index (χ3n) is 4.75. The summed E-state index contributed by atoms with van der Waals surface area (Å²) in [7, 11) is 0. The number of hydrogen-bond donors (Lipinski definition) is 1. The third kappa shape index (κ3) is 3.62. The summed E-state index contributed by atoms with van der Waals surface area (Å²) in [4.78, 5) is 35.1. The van der Waals surface area contributed by atoms with Crippen LogP contribution in [0.15, 0.2) is 60.8 Å². The summed E-state index contributed by atoms with van der Waals surface area (Å²) in [6.07, 6.45) is 3.63. The van der Waals surface area contributed by atoms with Crippen LogP contribution in [-0.4, -0.2) is 28.2 Å². The number of para-hydroxylation sites is 1. The SMILES string of the molecule is CC(=O)c1cccc(NC(=O)c2ccnc(N3CCCc4ccccc43)n2)c1. The van der Waals surface area contributed by atoms with E-state index in [1.165, 1.54) is 12.5 Å². The van der Waals surface area contributed by atoms with E-state index in [9.17, 15) is 9.59 Å². The maximum atomic E-state index is 12.7. The molecule has 0 fully saturated rings. The molecule has 1 aliphatic heterocycles. The third-order valence-corrected chi connectivity index (χ3v) is 4.75. The molecule has 2 heterocycles. The van der Waals surface area contributed by atoms with E-state index in [0.29, 0.717) is 17.2 Å². The number of ketones is 1. The second kappa shape index (κ2) is 7.60. The fraction of sp³-hybridized carbons (Fsp3) is 0.182. The zero-order chi connectivity index (χ0) is 19.5. The lowest BCUT2D eigenvalue weighted by Gasteiger charge is -2.29. The lowest BCUT2D eigenvalue weighted by Crippen LogP contribution is -2.27. The molecular formula is C22H20N4O2. The molecule has 1 aromatic heterocycles. The van der Waals surface area contributed by atoms with Crippen LogP contribution in [-0.2, 0) is 6.42 Å². The molecule has 28 heavy (non-hydrogen) atoms. The number of nitrogens with zero attached hydrogens (tertiary/aromatic N) is 3. The van der Waals surface area contributed by atoms with E-state index in [1.54, 1.807) is 36.5 Å². The van der Waals surface area contributed by atoms with Crippen LogP contribution in [0.5, 0.6) is 0 Å². The number of amides is 1. The zero-order valence-electron chi connectivity index (χ0n) is 15.6. The van der Waals surface area contributed by atoms with Crippen molar-refractivity contribution in [2.75, 3.05) is 16.8 Å². The molecule has 1 N–H and O–H groups in total. The van der Waals surface area contributed by atoms with Gasteiger partial charge in [-0.3, -0.25) is 9.59 Å². The van der Waals surface area contributed by atoms with Crippen molar-refractivity contribution in [2.24, 2.45) is 0 Å². The minimum atomic E-state index is -0.338. The summed E-state index contributed by atoms with van der Waals surface area (Å²) in [5.74, 6) is 0.121. The summed E-state index contributed by atoms with van der Waals surface area (Å²) in [5.41, 5.74) is 3.72. The van der Waals surface area contributed by atoms with Gasteiger partial charge in [-0.05, 0) is 49.6 Å². The molecule has 6 nitrogen and oxygen atoms in total. The Labute approximate surface area is 163 Å². The molecule has 0 atom stereocenters. The van der Waals surface area contributed by atoms with Crippen LogP contribution in [0.25, 0.3) is 0 Å². The molecule has 6 heteroatoms. The number of nitrogens with one attached hydrogen (secondary N) is 1. The highest BCUT2D eigenvalue weighted by Gasteiger charge is 2.21. The highest BCUT2D eigenvalue weighted by Crippen LogP contribution is 2.31. The largest absolute Gasteiger partial charge is 0.321 e. The van der Waals surface area contributed by atoms with Crippen molar-refractivity contribution in [1.29, 1.82) is 0 Å². The van der Waals surface area contributed by atoms with Gasteiger partial charge in [0.15, 0.2) is 5.78 Å². The summed E-state index contributed by atoms with van der Waals surface area (Å²) >= 11 is 0. The van der Waals surface area contributed by atoms with E-state index >= 15 is 0 Å². The Morgan fingerprint density at radius 2 is 1.93 bits per heavy atom. The van der Waals surface area contributed by atoms with E-state index in [0.717, 1.165) is 25.1 Å². The Bertz CT molecular complexity index is 1050. The first-order chi connectivity index (χ1) is 13.6. The molecule has 0 saturated carbocycles. The molecule has 2 aromatic carbocycles. The predicted octanol–water partition coefficient (Wildman–Crippen LogP) is 4.02. The van der Waals surface area contributed by atoms with E-state index in [1.807, 2.05) is 17.0 Å². The Kier molecular flexibility index (Phi) is 4.85. The van der Waals surface area contributed by atoms with Crippen molar-refractivity contribution in [1.82, 2.24) is 9.97 Å². The first-order valence-corrected chi connectivity index (χ1v) is 9.22. The number of hydrogen-bond acceptors (Lipinski definition) is 5. The first-order valence-electron chi connectivity index (χ1n) is 9.22. The zero-order valence-corrected chi connectivity index (χ0v) is 15.6. The average Bonchev–Trinajstić information content (AvgIpc) is 2.73. The van der Waals surface area contributed by atoms with E-state index in [4.69, 9.17) is 0 Å². The molecule has 0 radical (unpaired) electrons. The van der Waals surface area contributed by atoms with E-state index in [2.05, 4.69) is 27.4 Å². The lowest BCUT2D eigenvalue weighted by atomic mass is 10.0. The van der Waals surface area contributed by atoms with Gasteiger partial charge in [-0.1, -0.05) is 30.3 Å². The number of Topliss-reactive ketones (excluding diaryl/α,β-unsaturated/α-hetero) is 1. The average molecular weight is 372 g/mol. The van der Waals surface area contributed by atoms with Crippen LogP contribution in [0, 0.1) is 0 Å². The Hall–Kier alpha value is -3.54. The summed E-state index contributed by atoms with van der Waals surface area (Å²) in [6, 6.07) is 16.6. The van der Waals surface area contributed by atoms with E-state index < -0.39 is 0 Å². The van der Waals surface area contributed by atoms with Gasteiger partial charge in [0.2, 0.25) is 5.95 Å². The van der Waals surface area contributed by atoms with Gasteiger partial charge in [-0.2, -0.15) is 0 Å². The molecular weight excluding hydrogens is 352 g/mol. The molecule has 0 saturated heterocycles. The molecule has 1 aliphatic rings. The standard InChI is InChI=1S/C22H20N4O2/c1-15(27)17-7-4-9-18(14-17)24-21(28)19-11-12-23-22(25-19)26-13-5-8-16-6-2-3-10-20(16)26/h2-4,6-7,9-12,14H,5,8,13H2,1H3,(H,24,28). The molecule has 3 aromatic rings. The van der Waals surface area contributed by atoms with Crippen LogP contribution in [0.4, 0.5) is 17.3 Å². The highest BCUT2D eigenvalue weighted by atomic mass is 16.2. The number of rotatable bonds is 4. The Morgan fingerprint density at radius 3 is 2.79 bits per heavy atom. The second-order valence-electron chi connectivity index (χ2n) is 6.72. The van der Waals surface area contributed by atoms with Crippen LogP contribution < -0.4 is 10.2 Å². The Morgan fingerprint density at radius 1 is 1.07 bits per heavy atom. The van der Waals surface area contributed by atoms with Crippen molar-refractivity contribution in [3.8, 4) is 0 Å². The van der Waals surface area contributed by atoms with Gasteiger partial charge >= 0.3 is 0 Å².